The minimum absolute atomic E-state index is 0.0143. The van der Waals surface area contributed by atoms with E-state index in [-0.39, 0.29) is 11.6 Å². The summed E-state index contributed by atoms with van der Waals surface area (Å²) < 4.78 is 3.58. The van der Waals surface area contributed by atoms with Crippen LogP contribution in [0.3, 0.4) is 0 Å². The summed E-state index contributed by atoms with van der Waals surface area (Å²) >= 11 is 0. The molecule has 1 aliphatic rings. The lowest BCUT2D eigenvalue weighted by Crippen LogP contribution is -2.35. The largest absolute Gasteiger partial charge is 0.337 e. The molecule has 0 bridgehead atoms. The summed E-state index contributed by atoms with van der Waals surface area (Å²) in [6, 6.07) is 5.40. The summed E-state index contributed by atoms with van der Waals surface area (Å²) in [6.07, 6.45) is 4.70. The highest BCUT2D eigenvalue weighted by Crippen LogP contribution is 2.16. The van der Waals surface area contributed by atoms with E-state index in [0.717, 1.165) is 43.9 Å². The number of nitrogens with zero attached hydrogens (tertiary/aromatic N) is 5. The third-order valence-electron chi connectivity index (χ3n) is 5.31. The second-order valence-electron chi connectivity index (χ2n) is 7.10. The van der Waals surface area contributed by atoms with Gasteiger partial charge in [-0.3, -0.25) is 14.3 Å². The molecule has 0 spiro atoms. The third-order valence-corrected chi connectivity index (χ3v) is 5.31. The van der Waals surface area contributed by atoms with Gasteiger partial charge in [-0.2, -0.15) is 0 Å². The summed E-state index contributed by atoms with van der Waals surface area (Å²) in [6.45, 7) is 3.99. The van der Waals surface area contributed by atoms with E-state index in [0.29, 0.717) is 17.6 Å². The van der Waals surface area contributed by atoms with Crippen molar-refractivity contribution in [1.82, 2.24) is 28.9 Å². The Hall–Kier alpha value is -2.87. The lowest BCUT2D eigenvalue weighted by molar-refractivity contribution is 0.0761. The van der Waals surface area contributed by atoms with Gasteiger partial charge in [0.2, 0.25) is 0 Å². The molecule has 8 heteroatoms. The van der Waals surface area contributed by atoms with Crippen LogP contribution in [-0.2, 0) is 20.6 Å². The average molecular weight is 368 g/mol. The number of benzene rings is 1. The lowest BCUT2D eigenvalue weighted by atomic mass is 10.1. The maximum absolute atomic E-state index is 13.0. The summed E-state index contributed by atoms with van der Waals surface area (Å²) in [4.78, 5) is 36.1. The van der Waals surface area contributed by atoms with Crippen LogP contribution in [0.4, 0.5) is 0 Å². The zero-order chi connectivity index (χ0) is 19.0. The molecule has 1 aliphatic heterocycles. The topological polar surface area (TPSA) is 79.2 Å². The third kappa shape index (κ3) is 3.40. The Morgan fingerprint density at radius 2 is 2.04 bits per heavy atom. The highest BCUT2D eigenvalue weighted by Gasteiger charge is 2.21. The molecule has 1 N–H and O–H groups in total. The van der Waals surface area contributed by atoms with Crippen molar-refractivity contribution < 1.29 is 4.79 Å². The molecule has 1 aromatic carbocycles. The zero-order valence-electron chi connectivity index (χ0n) is 15.7. The number of carbonyl (C=O) groups is 1. The first-order chi connectivity index (χ1) is 13.0. The van der Waals surface area contributed by atoms with E-state index >= 15 is 0 Å². The summed E-state index contributed by atoms with van der Waals surface area (Å²) in [5, 5.41) is 0. The van der Waals surface area contributed by atoms with Gasteiger partial charge >= 0.3 is 5.69 Å². The number of aromatic amines is 1. The van der Waals surface area contributed by atoms with Crippen LogP contribution < -0.4 is 5.69 Å². The molecule has 0 radical (unpaired) electrons. The predicted molar refractivity (Wildman–Crippen MR) is 103 cm³/mol. The van der Waals surface area contributed by atoms with Crippen molar-refractivity contribution in [1.29, 1.82) is 0 Å². The van der Waals surface area contributed by atoms with Gasteiger partial charge in [0, 0.05) is 58.2 Å². The van der Waals surface area contributed by atoms with Gasteiger partial charge in [0.05, 0.1) is 17.6 Å². The average Bonchev–Trinajstić information content (AvgIpc) is 3.08. The molecule has 0 atom stereocenters. The van der Waals surface area contributed by atoms with Gasteiger partial charge in [-0.25, -0.2) is 9.78 Å². The number of fused-ring (bicyclic) bond motifs is 1. The minimum Gasteiger partial charge on any atom is -0.337 e. The number of hydrogen-bond donors (Lipinski definition) is 1. The lowest BCUT2D eigenvalue weighted by Gasteiger charge is -2.22. The summed E-state index contributed by atoms with van der Waals surface area (Å²) in [5.41, 5.74) is 1.93. The SMILES string of the molecule is Cn1ccnc1CN1CCCN(C(=O)c2ccc3c(c2)[nH]c(=O)n3C)CC1. The van der Waals surface area contributed by atoms with E-state index in [4.69, 9.17) is 0 Å². The van der Waals surface area contributed by atoms with Gasteiger partial charge in [0.25, 0.3) is 5.91 Å². The van der Waals surface area contributed by atoms with E-state index in [1.807, 2.05) is 35.0 Å². The molecule has 27 heavy (non-hydrogen) atoms. The molecule has 0 unspecified atom stereocenters. The molecule has 3 heterocycles. The normalized spacial score (nSPS) is 16.0. The number of nitrogens with one attached hydrogen (secondary N) is 1. The quantitative estimate of drug-likeness (QED) is 0.747. The fourth-order valence-electron chi connectivity index (χ4n) is 3.63. The molecule has 1 amide bonds. The van der Waals surface area contributed by atoms with Crippen molar-refractivity contribution in [3.05, 3.63) is 52.5 Å². The van der Waals surface area contributed by atoms with Crippen LogP contribution in [0.15, 0.2) is 35.4 Å². The number of amides is 1. The van der Waals surface area contributed by atoms with Crippen LogP contribution >= 0.6 is 0 Å². The van der Waals surface area contributed by atoms with E-state index in [1.54, 1.807) is 23.7 Å². The number of hydrogen-bond acceptors (Lipinski definition) is 4. The first-order valence-corrected chi connectivity index (χ1v) is 9.19. The standard InChI is InChI=1S/C19H24N6O2/c1-22-9-6-20-17(22)13-24-7-3-8-25(11-10-24)18(26)14-4-5-16-15(12-14)21-19(27)23(16)2/h4-6,9,12H,3,7-8,10-11,13H2,1-2H3,(H,21,27). The van der Waals surface area contributed by atoms with Crippen LogP contribution in [0.5, 0.6) is 0 Å². The van der Waals surface area contributed by atoms with E-state index in [1.165, 1.54) is 0 Å². The van der Waals surface area contributed by atoms with Gasteiger partial charge in [-0.05, 0) is 24.6 Å². The molecule has 142 valence electrons. The fourth-order valence-corrected chi connectivity index (χ4v) is 3.63. The smallest absolute Gasteiger partial charge is 0.326 e. The maximum atomic E-state index is 13.0. The molecule has 1 saturated heterocycles. The van der Waals surface area contributed by atoms with Gasteiger partial charge in [-0.1, -0.05) is 0 Å². The Labute approximate surface area is 157 Å². The Bertz CT molecular complexity index is 1030. The second-order valence-corrected chi connectivity index (χ2v) is 7.10. The van der Waals surface area contributed by atoms with E-state index in [2.05, 4.69) is 14.9 Å². The van der Waals surface area contributed by atoms with Crippen molar-refractivity contribution in [2.75, 3.05) is 26.2 Å². The maximum Gasteiger partial charge on any atom is 0.326 e. The van der Waals surface area contributed by atoms with Crippen molar-refractivity contribution in [3.8, 4) is 0 Å². The predicted octanol–water partition coefficient (Wildman–Crippen LogP) is 0.948. The Kier molecular flexibility index (Phi) is 4.57. The minimum atomic E-state index is -0.172. The Morgan fingerprint density at radius 1 is 1.19 bits per heavy atom. The van der Waals surface area contributed by atoms with Crippen molar-refractivity contribution in [2.24, 2.45) is 14.1 Å². The van der Waals surface area contributed by atoms with Gasteiger partial charge in [-0.15, -0.1) is 0 Å². The number of imidazole rings is 2. The Balaban J connectivity index is 1.46. The summed E-state index contributed by atoms with van der Waals surface area (Å²) in [5.74, 6) is 1.05. The highest BCUT2D eigenvalue weighted by molar-refractivity contribution is 5.97. The van der Waals surface area contributed by atoms with E-state index < -0.39 is 0 Å². The summed E-state index contributed by atoms with van der Waals surface area (Å²) in [7, 11) is 3.72. The van der Waals surface area contributed by atoms with Crippen molar-refractivity contribution >= 4 is 16.9 Å². The molecule has 1 fully saturated rings. The number of rotatable bonds is 3. The number of H-pyrrole nitrogens is 1. The Morgan fingerprint density at radius 3 is 2.81 bits per heavy atom. The first-order valence-electron chi connectivity index (χ1n) is 9.19. The zero-order valence-corrected chi connectivity index (χ0v) is 15.7. The van der Waals surface area contributed by atoms with Crippen molar-refractivity contribution in [2.45, 2.75) is 13.0 Å². The van der Waals surface area contributed by atoms with Crippen molar-refractivity contribution in [3.63, 3.8) is 0 Å². The second kappa shape index (κ2) is 7.03. The van der Waals surface area contributed by atoms with Crippen LogP contribution in [0.25, 0.3) is 11.0 Å². The van der Waals surface area contributed by atoms with Gasteiger partial charge in [0.1, 0.15) is 5.82 Å². The molecule has 3 aromatic rings. The molecular formula is C19H24N6O2. The van der Waals surface area contributed by atoms with E-state index in [9.17, 15) is 9.59 Å². The molecule has 2 aromatic heterocycles. The number of aromatic nitrogens is 4. The molecular weight excluding hydrogens is 344 g/mol. The molecule has 0 saturated carbocycles. The molecule has 0 aliphatic carbocycles. The van der Waals surface area contributed by atoms with Crippen LogP contribution in [0, 0.1) is 0 Å². The van der Waals surface area contributed by atoms with Gasteiger partial charge in [0.15, 0.2) is 0 Å². The monoisotopic (exact) mass is 368 g/mol. The number of aryl methyl sites for hydroxylation is 2. The molecule has 8 nitrogen and oxygen atoms in total. The highest BCUT2D eigenvalue weighted by atomic mass is 16.2. The number of carbonyl (C=O) groups excluding carboxylic acids is 1. The van der Waals surface area contributed by atoms with Gasteiger partial charge < -0.3 is 14.5 Å². The fraction of sp³-hybridized carbons (Fsp3) is 0.421. The van der Waals surface area contributed by atoms with Crippen LogP contribution in [0.1, 0.15) is 22.6 Å². The van der Waals surface area contributed by atoms with Crippen LogP contribution in [-0.4, -0.2) is 61.0 Å². The first kappa shape index (κ1) is 17.5. The molecule has 4 rings (SSSR count). The van der Waals surface area contributed by atoms with Crippen LogP contribution in [0.2, 0.25) is 0 Å².